The van der Waals surface area contributed by atoms with Crippen molar-refractivity contribution in [1.82, 2.24) is 4.90 Å². The molecule has 5 nitrogen and oxygen atoms in total. The Morgan fingerprint density at radius 3 is 2.59 bits per heavy atom. The lowest BCUT2D eigenvalue weighted by Gasteiger charge is -2.36. The van der Waals surface area contributed by atoms with Crippen LogP contribution in [0.15, 0.2) is 36.4 Å². The largest absolute Gasteiger partial charge is 0.494 e. The number of benzene rings is 2. The van der Waals surface area contributed by atoms with Crippen molar-refractivity contribution < 1.29 is 14.3 Å². The highest BCUT2D eigenvalue weighted by Gasteiger charge is 2.39. The molecule has 0 N–H and O–H groups in total. The molecule has 32 heavy (non-hydrogen) atoms. The minimum absolute atomic E-state index is 0.00456. The fraction of sp³-hybridized carbons (Fsp3) is 0.500. The number of fused-ring (bicyclic) bond motifs is 3. The molecule has 3 heterocycles. The normalized spacial score (nSPS) is 25.0. The van der Waals surface area contributed by atoms with Crippen molar-refractivity contribution in [2.24, 2.45) is 0 Å². The Kier molecular flexibility index (Phi) is 6.04. The minimum Gasteiger partial charge on any atom is -0.494 e. The van der Waals surface area contributed by atoms with Crippen LogP contribution in [0, 0.1) is 0 Å². The van der Waals surface area contributed by atoms with Crippen LogP contribution in [0.4, 0.5) is 5.69 Å². The third-order valence-corrected chi connectivity index (χ3v) is 7.50. The van der Waals surface area contributed by atoms with Crippen molar-refractivity contribution in [2.75, 3.05) is 25.1 Å². The molecule has 0 radical (unpaired) electrons. The Bertz CT molecular complexity index is 997. The number of piperidine rings is 1. The predicted octanol–water partition coefficient (Wildman–Crippen LogP) is 5.34. The van der Waals surface area contributed by atoms with E-state index in [-0.39, 0.29) is 12.0 Å². The molecule has 0 aliphatic carbocycles. The fourth-order valence-corrected chi connectivity index (χ4v) is 5.63. The van der Waals surface area contributed by atoms with Gasteiger partial charge in [0.2, 0.25) is 0 Å². The second-order valence-electron chi connectivity index (χ2n) is 9.25. The predicted molar refractivity (Wildman–Crippen MR) is 127 cm³/mol. The van der Waals surface area contributed by atoms with Crippen LogP contribution in [0.1, 0.15) is 54.9 Å². The summed E-state index contributed by atoms with van der Waals surface area (Å²) in [7, 11) is 2.23. The number of hydrogen-bond acceptors (Lipinski definition) is 4. The van der Waals surface area contributed by atoms with Gasteiger partial charge in [0, 0.05) is 29.9 Å². The monoisotopic (exact) mass is 454 g/mol. The molecule has 2 aromatic carbocycles. The number of halogens is 1. The number of hydrogen-bond donors (Lipinski definition) is 0. The standard InChI is InChI=1S/C26H31ClN2O3/c1-3-12-31-21-7-8-23-17(13-21)10-11-29(26(23)30)20-6-9-25(24(27)16-20)32-22-14-18-4-5-19(15-22)28(18)2/h6-9,13,16,18-19,22H,3-5,10-12,14-15H2,1-2H3/t18-,19+,22+. The molecule has 2 bridgehead atoms. The summed E-state index contributed by atoms with van der Waals surface area (Å²) < 4.78 is 12.0. The van der Waals surface area contributed by atoms with Crippen LogP contribution in [0.2, 0.25) is 5.02 Å². The highest BCUT2D eigenvalue weighted by atomic mass is 35.5. The third kappa shape index (κ3) is 4.08. The van der Waals surface area contributed by atoms with Gasteiger partial charge in [-0.3, -0.25) is 4.79 Å². The summed E-state index contributed by atoms with van der Waals surface area (Å²) >= 11 is 6.61. The van der Waals surface area contributed by atoms with Gasteiger partial charge in [-0.05, 0) is 87.5 Å². The van der Waals surface area contributed by atoms with Crippen molar-refractivity contribution in [1.29, 1.82) is 0 Å². The minimum atomic E-state index is 0.00456. The summed E-state index contributed by atoms with van der Waals surface area (Å²) in [6.07, 6.45) is 6.59. The van der Waals surface area contributed by atoms with Crippen molar-refractivity contribution in [3.63, 3.8) is 0 Å². The van der Waals surface area contributed by atoms with Crippen LogP contribution in [0.5, 0.6) is 11.5 Å². The van der Waals surface area contributed by atoms with Crippen molar-refractivity contribution in [3.8, 4) is 11.5 Å². The van der Waals surface area contributed by atoms with E-state index in [1.165, 1.54) is 12.8 Å². The molecule has 2 fully saturated rings. The van der Waals surface area contributed by atoms with E-state index in [1.54, 1.807) is 4.90 Å². The van der Waals surface area contributed by atoms with Gasteiger partial charge in [0.05, 0.1) is 11.6 Å². The molecule has 3 aliphatic rings. The van der Waals surface area contributed by atoms with Crippen LogP contribution < -0.4 is 14.4 Å². The fourth-order valence-electron chi connectivity index (χ4n) is 5.41. The van der Waals surface area contributed by atoms with Crippen LogP contribution in [0.25, 0.3) is 0 Å². The Balaban J connectivity index is 1.29. The van der Waals surface area contributed by atoms with Gasteiger partial charge in [-0.2, -0.15) is 0 Å². The lowest BCUT2D eigenvalue weighted by atomic mass is 9.98. The Morgan fingerprint density at radius 2 is 1.88 bits per heavy atom. The Morgan fingerprint density at radius 1 is 1.09 bits per heavy atom. The van der Waals surface area contributed by atoms with Crippen LogP contribution >= 0.6 is 11.6 Å². The van der Waals surface area contributed by atoms with Crippen molar-refractivity contribution in [2.45, 2.75) is 63.6 Å². The van der Waals surface area contributed by atoms with Crippen LogP contribution in [0.3, 0.4) is 0 Å². The molecular formula is C26H31ClN2O3. The molecule has 2 saturated heterocycles. The van der Waals surface area contributed by atoms with Gasteiger partial charge >= 0.3 is 0 Å². The summed E-state index contributed by atoms with van der Waals surface area (Å²) in [4.78, 5) is 17.5. The average molecular weight is 455 g/mol. The van der Waals surface area contributed by atoms with Gasteiger partial charge in [0.1, 0.15) is 17.6 Å². The van der Waals surface area contributed by atoms with Gasteiger partial charge < -0.3 is 19.3 Å². The second-order valence-corrected chi connectivity index (χ2v) is 9.66. The van der Waals surface area contributed by atoms with E-state index < -0.39 is 0 Å². The molecule has 170 valence electrons. The van der Waals surface area contributed by atoms with Gasteiger partial charge in [0.25, 0.3) is 5.91 Å². The summed E-state index contributed by atoms with van der Waals surface area (Å²) in [5, 5.41) is 0.565. The zero-order valence-corrected chi connectivity index (χ0v) is 19.6. The van der Waals surface area contributed by atoms with Gasteiger partial charge in [-0.1, -0.05) is 18.5 Å². The molecule has 2 aromatic rings. The van der Waals surface area contributed by atoms with E-state index in [4.69, 9.17) is 21.1 Å². The number of amides is 1. The first-order valence-corrected chi connectivity index (χ1v) is 12.2. The van der Waals surface area contributed by atoms with Gasteiger partial charge in [0.15, 0.2) is 0 Å². The number of anilines is 1. The SMILES string of the molecule is CCCOc1ccc2c(c1)CCN(c1ccc(O[C@H]3C[C@H]4CC[C@@H](C3)N4C)c(Cl)c1)C2=O. The molecule has 0 aromatic heterocycles. The zero-order valence-electron chi connectivity index (χ0n) is 18.9. The summed E-state index contributed by atoms with van der Waals surface area (Å²) in [6, 6.07) is 12.7. The highest BCUT2D eigenvalue weighted by Crippen LogP contribution is 2.38. The number of ether oxygens (including phenoxy) is 2. The molecule has 5 rings (SSSR count). The first-order valence-electron chi connectivity index (χ1n) is 11.8. The van der Waals surface area contributed by atoms with Crippen molar-refractivity contribution >= 4 is 23.2 Å². The summed E-state index contributed by atoms with van der Waals surface area (Å²) in [5.74, 6) is 1.55. The Hall–Kier alpha value is -2.24. The van der Waals surface area contributed by atoms with E-state index in [1.807, 2.05) is 36.4 Å². The molecule has 0 saturated carbocycles. The molecule has 6 heteroatoms. The molecule has 0 spiro atoms. The van der Waals surface area contributed by atoms with E-state index in [9.17, 15) is 4.79 Å². The van der Waals surface area contributed by atoms with Crippen LogP contribution in [-0.2, 0) is 6.42 Å². The molecule has 3 atom stereocenters. The van der Waals surface area contributed by atoms with Gasteiger partial charge in [-0.15, -0.1) is 0 Å². The van der Waals surface area contributed by atoms with E-state index in [0.717, 1.165) is 48.2 Å². The van der Waals surface area contributed by atoms with Gasteiger partial charge in [-0.25, -0.2) is 0 Å². The maximum absolute atomic E-state index is 13.2. The smallest absolute Gasteiger partial charge is 0.258 e. The second kappa shape index (κ2) is 8.95. The van der Waals surface area contributed by atoms with E-state index in [0.29, 0.717) is 36.0 Å². The van der Waals surface area contributed by atoms with Crippen molar-refractivity contribution in [3.05, 3.63) is 52.5 Å². The van der Waals surface area contributed by atoms with E-state index in [2.05, 4.69) is 18.9 Å². The highest BCUT2D eigenvalue weighted by molar-refractivity contribution is 6.32. The maximum Gasteiger partial charge on any atom is 0.258 e. The first-order chi connectivity index (χ1) is 15.5. The topological polar surface area (TPSA) is 42.0 Å². The number of rotatable bonds is 6. The first kappa shape index (κ1) is 21.6. The van der Waals surface area contributed by atoms with E-state index >= 15 is 0 Å². The Labute approximate surface area is 195 Å². The summed E-state index contributed by atoms with van der Waals surface area (Å²) in [6.45, 7) is 3.39. The lowest BCUT2D eigenvalue weighted by molar-refractivity contribution is 0.0662. The number of nitrogens with zero attached hydrogens (tertiary/aromatic N) is 2. The lowest BCUT2D eigenvalue weighted by Crippen LogP contribution is -2.43. The number of carbonyl (C=O) groups is 1. The third-order valence-electron chi connectivity index (χ3n) is 7.21. The molecule has 0 unspecified atom stereocenters. The molecule has 1 amide bonds. The van der Waals surface area contributed by atoms with Crippen LogP contribution in [-0.4, -0.2) is 49.2 Å². The maximum atomic E-state index is 13.2. The number of carbonyl (C=O) groups excluding carboxylic acids is 1. The summed E-state index contributed by atoms with van der Waals surface area (Å²) in [5.41, 5.74) is 2.59. The molecule has 3 aliphatic heterocycles. The zero-order chi connectivity index (χ0) is 22.2. The quantitative estimate of drug-likeness (QED) is 0.591. The average Bonchev–Trinajstić information content (AvgIpc) is 2.99. The molecular weight excluding hydrogens is 424 g/mol.